The Morgan fingerprint density at radius 3 is 2.39 bits per heavy atom. The highest BCUT2D eigenvalue weighted by Gasteiger charge is 2.32. The lowest BCUT2D eigenvalue weighted by molar-refractivity contribution is -0.128. The number of nitrogens with zero attached hydrogens (tertiary/aromatic N) is 6. The molecule has 0 radical (unpaired) electrons. The molecule has 1 aliphatic heterocycles. The Balaban J connectivity index is 1.16. The van der Waals surface area contributed by atoms with Gasteiger partial charge in [-0.1, -0.05) is 43.7 Å². The highest BCUT2D eigenvalue weighted by atomic mass is 16.2. The van der Waals surface area contributed by atoms with Crippen molar-refractivity contribution in [1.29, 1.82) is 0 Å². The molecule has 0 spiro atoms. The zero-order valence-corrected chi connectivity index (χ0v) is 21.9. The van der Waals surface area contributed by atoms with E-state index < -0.39 is 0 Å². The fourth-order valence-electron chi connectivity index (χ4n) is 5.51. The first kappa shape index (κ1) is 24.7. The van der Waals surface area contributed by atoms with E-state index in [1.165, 1.54) is 30.9 Å². The Bertz CT molecular complexity index is 1390. The number of benzene rings is 1. The maximum Gasteiger partial charge on any atom is 0.349 e. The van der Waals surface area contributed by atoms with Gasteiger partial charge in [-0.15, -0.1) is 0 Å². The molecule has 2 saturated carbocycles. The zero-order valence-electron chi connectivity index (χ0n) is 21.9. The number of piperazine rings is 1. The van der Waals surface area contributed by atoms with E-state index in [9.17, 15) is 9.59 Å². The second-order valence-corrected chi connectivity index (χ2v) is 10.9. The molecule has 6 rings (SSSR count). The minimum Gasteiger partial charge on any atom is -0.348 e. The number of anilines is 1. The summed E-state index contributed by atoms with van der Waals surface area (Å²) in [6.07, 6.45) is 10.5. The largest absolute Gasteiger partial charge is 0.349 e. The summed E-state index contributed by atoms with van der Waals surface area (Å²) in [7, 11) is 0. The highest BCUT2D eigenvalue weighted by molar-refractivity contribution is 5.87. The molecule has 0 bridgehead atoms. The molecule has 2 aromatic heterocycles. The van der Waals surface area contributed by atoms with Crippen molar-refractivity contribution in [2.75, 3.05) is 31.5 Å². The monoisotopic (exact) mass is 513 g/mol. The lowest BCUT2D eigenvalue weighted by Gasteiger charge is -2.39. The second-order valence-electron chi connectivity index (χ2n) is 10.9. The molecule has 1 saturated heterocycles. The van der Waals surface area contributed by atoms with Crippen molar-refractivity contribution in [3.05, 3.63) is 70.9 Å². The summed E-state index contributed by atoms with van der Waals surface area (Å²) < 4.78 is 1.70. The lowest BCUT2D eigenvalue weighted by Crippen LogP contribution is -2.49. The summed E-state index contributed by atoms with van der Waals surface area (Å²) >= 11 is 0. The van der Waals surface area contributed by atoms with Gasteiger partial charge in [-0.3, -0.25) is 14.3 Å². The molecule has 1 N–H and O–H groups in total. The quantitative estimate of drug-likeness (QED) is 0.434. The molecule has 38 heavy (non-hydrogen) atoms. The number of hydrogen-bond acceptors (Lipinski definition) is 7. The molecule has 1 amide bonds. The molecule has 2 aliphatic carbocycles. The molecule has 198 valence electrons. The second kappa shape index (κ2) is 10.3. The topological polar surface area (TPSA) is 96.3 Å². The van der Waals surface area contributed by atoms with E-state index in [4.69, 9.17) is 4.98 Å². The van der Waals surface area contributed by atoms with E-state index in [2.05, 4.69) is 58.0 Å². The van der Waals surface area contributed by atoms with E-state index in [0.29, 0.717) is 17.6 Å². The molecular formula is C29H35N7O2. The van der Waals surface area contributed by atoms with Gasteiger partial charge in [0.2, 0.25) is 11.9 Å². The van der Waals surface area contributed by atoms with E-state index >= 15 is 0 Å². The van der Waals surface area contributed by atoms with Crippen LogP contribution in [0.5, 0.6) is 0 Å². The third-order valence-electron chi connectivity index (χ3n) is 8.12. The number of nitrogens with one attached hydrogen (secondary N) is 1. The SMILES string of the molecule is C=CC(=O)N1CCN(C(CC2CC2)c2ccc([C@H](C)Nc3ncc4cnc(=O)n(C5CC5)c4n3)cc2)CC1. The molecule has 3 heterocycles. The van der Waals surface area contributed by atoms with Gasteiger partial charge >= 0.3 is 5.69 Å². The van der Waals surface area contributed by atoms with Crippen molar-refractivity contribution in [3.8, 4) is 0 Å². The van der Waals surface area contributed by atoms with Gasteiger partial charge in [-0.2, -0.15) is 4.98 Å². The Morgan fingerprint density at radius 2 is 1.74 bits per heavy atom. The van der Waals surface area contributed by atoms with Crippen LogP contribution in [0.2, 0.25) is 0 Å². The minimum atomic E-state index is -0.247. The maximum atomic E-state index is 12.3. The van der Waals surface area contributed by atoms with Crippen LogP contribution < -0.4 is 11.0 Å². The van der Waals surface area contributed by atoms with Crippen LogP contribution >= 0.6 is 0 Å². The number of hydrogen-bond donors (Lipinski definition) is 1. The lowest BCUT2D eigenvalue weighted by atomic mass is 9.96. The molecule has 1 unspecified atom stereocenters. The summed E-state index contributed by atoms with van der Waals surface area (Å²) in [5, 5.41) is 4.19. The normalized spacial score (nSPS) is 19.8. The van der Waals surface area contributed by atoms with Crippen molar-refractivity contribution in [3.63, 3.8) is 0 Å². The van der Waals surface area contributed by atoms with Gasteiger partial charge in [0.1, 0.15) is 0 Å². The van der Waals surface area contributed by atoms with Crippen LogP contribution in [0.1, 0.15) is 68.3 Å². The standard InChI is InChI=1S/C29H35N7O2/c1-3-26(37)35-14-12-34(13-15-35)25(16-20-4-5-20)22-8-6-21(7-9-22)19(2)32-28-30-17-23-18-31-29(38)36(24-10-11-24)27(23)33-28/h3,6-9,17-20,24-25H,1,4-5,10-16H2,2H3,(H,30,32,33)/t19-,25?/m0/s1. The minimum absolute atomic E-state index is 0.000207. The summed E-state index contributed by atoms with van der Waals surface area (Å²) in [5.41, 5.74) is 2.88. The van der Waals surface area contributed by atoms with Crippen molar-refractivity contribution >= 4 is 22.9 Å². The summed E-state index contributed by atoms with van der Waals surface area (Å²) in [4.78, 5) is 42.0. The maximum absolute atomic E-state index is 12.3. The molecule has 2 atom stereocenters. The molecular weight excluding hydrogens is 478 g/mol. The molecule has 9 nitrogen and oxygen atoms in total. The fourth-order valence-corrected chi connectivity index (χ4v) is 5.51. The Labute approximate surface area is 222 Å². The van der Waals surface area contributed by atoms with Crippen molar-refractivity contribution in [1.82, 2.24) is 29.3 Å². The number of rotatable bonds is 9. The summed E-state index contributed by atoms with van der Waals surface area (Å²) in [6, 6.07) is 9.45. The summed E-state index contributed by atoms with van der Waals surface area (Å²) in [5.74, 6) is 1.34. The average molecular weight is 514 g/mol. The number of fused-ring (bicyclic) bond motifs is 1. The number of carbonyl (C=O) groups excluding carboxylic acids is 1. The van der Waals surface area contributed by atoms with Gasteiger partial charge in [0, 0.05) is 50.7 Å². The fraction of sp³-hybridized carbons (Fsp3) is 0.483. The first-order chi connectivity index (χ1) is 18.5. The van der Waals surface area contributed by atoms with Gasteiger partial charge in [0.25, 0.3) is 0 Å². The van der Waals surface area contributed by atoms with Crippen LogP contribution in [0, 0.1) is 5.92 Å². The Hall–Kier alpha value is -3.59. The predicted molar refractivity (Wildman–Crippen MR) is 147 cm³/mol. The van der Waals surface area contributed by atoms with Crippen LogP contribution in [0.25, 0.3) is 11.0 Å². The third-order valence-corrected chi connectivity index (χ3v) is 8.12. The van der Waals surface area contributed by atoms with Gasteiger partial charge in [0.15, 0.2) is 5.65 Å². The first-order valence-corrected chi connectivity index (χ1v) is 13.8. The molecule has 1 aromatic carbocycles. The van der Waals surface area contributed by atoms with Crippen LogP contribution in [0.3, 0.4) is 0 Å². The number of carbonyl (C=O) groups is 1. The van der Waals surface area contributed by atoms with E-state index in [1.54, 1.807) is 17.0 Å². The summed E-state index contributed by atoms with van der Waals surface area (Å²) in [6.45, 7) is 9.00. The molecule has 3 aromatic rings. The third kappa shape index (κ3) is 5.20. The van der Waals surface area contributed by atoms with Crippen molar-refractivity contribution < 1.29 is 4.79 Å². The van der Waals surface area contributed by atoms with Gasteiger partial charge in [0.05, 0.1) is 11.4 Å². The molecule has 9 heteroatoms. The Morgan fingerprint density at radius 1 is 1.05 bits per heavy atom. The smallest absolute Gasteiger partial charge is 0.348 e. The average Bonchev–Trinajstić information content (AvgIpc) is 3.87. The van der Waals surface area contributed by atoms with Gasteiger partial charge in [-0.05, 0) is 49.3 Å². The predicted octanol–water partition coefficient (Wildman–Crippen LogP) is 3.87. The first-order valence-electron chi connectivity index (χ1n) is 13.8. The number of amides is 1. The van der Waals surface area contributed by atoms with Gasteiger partial charge in [-0.25, -0.2) is 14.8 Å². The van der Waals surface area contributed by atoms with Crippen LogP contribution in [0.15, 0.2) is 54.1 Å². The van der Waals surface area contributed by atoms with E-state index in [-0.39, 0.29) is 23.7 Å². The van der Waals surface area contributed by atoms with Crippen LogP contribution in [-0.2, 0) is 4.79 Å². The molecule has 3 aliphatic rings. The van der Waals surface area contributed by atoms with Crippen molar-refractivity contribution in [2.24, 2.45) is 5.92 Å². The van der Waals surface area contributed by atoms with E-state index in [1.807, 2.05) is 4.90 Å². The van der Waals surface area contributed by atoms with Gasteiger partial charge < -0.3 is 10.2 Å². The van der Waals surface area contributed by atoms with Crippen LogP contribution in [0.4, 0.5) is 5.95 Å². The van der Waals surface area contributed by atoms with Crippen LogP contribution in [-0.4, -0.2) is 61.4 Å². The zero-order chi connectivity index (χ0) is 26.2. The van der Waals surface area contributed by atoms with E-state index in [0.717, 1.165) is 55.9 Å². The van der Waals surface area contributed by atoms with Crippen molar-refractivity contribution in [2.45, 2.75) is 57.2 Å². The highest BCUT2D eigenvalue weighted by Crippen LogP contribution is 2.40. The number of aromatic nitrogens is 4. The Kier molecular flexibility index (Phi) is 6.69. The molecule has 3 fully saturated rings.